The van der Waals surface area contributed by atoms with Gasteiger partial charge in [0.1, 0.15) is 5.75 Å². The topological polar surface area (TPSA) is 104 Å². The third kappa shape index (κ3) is 3.19. The van der Waals surface area contributed by atoms with Crippen molar-refractivity contribution in [3.05, 3.63) is 28.3 Å². The first-order valence-corrected chi connectivity index (χ1v) is 6.09. The zero-order valence-corrected chi connectivity index (χ0v) is 10.3. The van der Waals surface area contributed by atoms with E-state index in [2.05, 4.69) is 10.6 Å². The predicted molar refractivity (Wildman–Crippen MR) is 69.0 cm³/mol. The number of benzene rings is 1. The minimum Gasteiger partial charge on any atom is -0.506 e. The average Bonchev–Trinajstić information content (AvgIpc) is 2.42. The van der Waals surface area contributed by atoms with Crippen molar-refractivity contribution in [2.75, 3.05) is 11.9 Å². The van der Waals surface area contributed by atoms with Crippen LogP contribution in [-0.4, -0.2) is 28.5 Å². The van der Waals surface area contributed by atoms with Gasteiger partial charge in [0.2, 0.25) is 5.91 Å². The van der Waals surface area contributed by atoms with Crippen LogP contribution in [-0.2, 0) is 4.79 Å². The molecule has 1 aliphatic rings. The molecule has 0 spiro atoms. The van der Waals surface area contributed by atoms with E-state index in [0.29, 0.717) is 0 Å². The fourth-order valence-electron chi connectivity index (χ4n) is 2.03. The van der Waals surface area contributed by atoms with Crippen LogP contribution in [0.4, 0.5) is 11.4 Å². The second-order valence-electron chi connectivity index (χ2n) is 4.45. The van der Waals surface area contributed by atoms with Crippen LogP contribution in [0, 0.1) is 10.1 Å². The lowest BCUT2D eigenvalue weighted by molar-refractivity contribution is -0.384. The largest absolute Gasteiger partial charge is 0.506 e. The molecule has 0 aliphatic carbocycles. The van der Waals surface area contributed by atoms with Gasteiger partial charge in [-0.2, -0.15) is 0 Å². The number of phenolic OH excluding ortho intramolecular Hbond substituents is 1. The van der Waals surface area contributed by atoms with E-state index in [4.69, 9.17) is 0 Å². The average molecular weight is 265 g/mol. The van der Waals surface area contributed by atoms with Crippen LogP contribution >= 0.6 is 0 Å². The van der Waals surface area contributed by atoms with E-state index < -0.39 is 4.92 Å². The number of anilines is 1. The van der Waals surface area contributed by atoms with Crippen molar-refractivity contribution in [1.82, 2.24) is 5.32 Å². The molecule has 1 aliphatic heterocycles. The summed E-state index contributed by atoms with van der Waals surface area (Å²) in [5, 5.41) is 25.8. The molecule has 1 heterocycles. The first kappa shape index (κ1) is 13.3. The summed E-state index contributed by atoms with van der Waals surface area (Å²) < 4.78 is 0. The Balaban J connectivity index is 2.11. The fourth-order valence-corrected chi connectivity index (χ4v) is 2.03. The summed E-state index contributed by atoms with van der Waals surface area (Å²) >= 11 is 0. The van der Waals surface area contributed by atoms with Gasteiger partial charge in [-0.3, -0.25) is 14.9 Å². The zero-order chi connectivity index (χ0) is 13.8. The van der Waals surface area contributed by atoms with Crippen LogP contribution < -0.4 is 10.6 Å². The maximum atomic E-state index is 11.9. The number of nitrogens with zero attached hydrogens (tertiary/aromatic N) is 1. The lowest BCUT2D eigenvalue weighted by Crippen LogP contribution is -2.43. The van der Waals surface area contributed by atoms with Gasteiger partial charge in [-0.05, 0) is 25.5 Å². The molecule has 19 heavy (non-hydrogen) atoms. The number of nitro benzene ring substituents is 1. The number of carbonyl (C=O) groups is 1. The Morgan fingerprint density at radius 2 is 2.26 bits per heavy atom. The molecule has 7 heteroatoms. The summed E-state index contributed by atoms with van der Waals surface area (Å²) in [5.74, 6) is -0.467. The van der Waals surface area contributed by atoms with E-state index >= 15 is 0 Å². The Morgan fingerprint density at radius 3 is 2.89 bits per heavy atom. The molecule has 0 unspecified atom stereocenters. The monoisotopic (exact) mass is 265 g/mol. The van der Waals surface area contributed by atoms with Crippen molar-refractivity contribution in [1.29, 1.82) is 0 Å². The van der Waals surface area contributed by atoms with E-state index in [9.17, 15) is 20.0 Å². The van der Waals surface area contributed by atoms with Crippen LogP contribution in [0.25, 0.3) is 0 Å². The number of hydrogen-bond acceptors (Lipinski definition) is 5. The summed E-state index contributed by atoms with van der Waals surface area (Å²) in [5.41, 5.74) is -0.115. The van der Waals surface area contributed by atoms with E-state index in [-0.39, 0.29) is 29.1 Å². The first-order chi connectivity index (χ1) is 9.08. The number of nitrogens with one attached hydrogen (secondary N) is 2. The van der Waals surface area contributed by atoms with Gasteiger partial charge >= 0.3 is 0 Å². The molecule has 1 aromatic rings. The fraction of sp³-hybridized carbons (Fsp3) is 0.417. The Morgan fingerprint density at radius 1 is 1.47 bits per heavy atom. The summed E-state index contributed by atoms with van der Waals surface area (Å²) in [7, 11) is 0. The van der Waals surface area contributed by atoms with E-state index in [1.165, 1.54) is 12.1 Å². The molecular formula is C12H15N3O4. The molecule has 0 radical (unpaired) electrons. The molecule has 7 nitrogen and oxygen atoms in total. The molecule has 1 fully saturated rings. The number of piperidine rings is 1. The number of rotatable bonds is 3. The maximum absolute atomic E-state index is 11.9. The lowest BCUT2D eigenvalue weighted by atomic mass is 10.0. The highest BCUT2D eigenvalue weighted by Gasteiger charge is 2.22. The molecule has 0 aromatic heterocycles. The second-order valence-corrected chi connectivity index (χ2v) is 4.45. The third-order valence-corrected chi connectivity index (χ3v) is 3.08. The number of amides is 1. The minimum absolute atomic E-state index is 0.0616. The minimum atomic E-state index is -0.575. The van der Waals surface area contributed by atoms with E-state index in [1.807, 2.05) is 0 Å². The Labute approximate surface area is 109 Å². The normalized spacial score (nSPS) is 18.8. The highest BCUT2D eigenvalue weighted by atomic mass is 16.6. The number of aromatic hydroxyl groups is 1. The molecule has 1 amide bonds. The van der Waals surface area contributed by atoms with Gasteiger partial charge in [-0.15, -0.1) is 0 Å². The predicted octanol–water partition coefficient (Wildman–Crippen LogP) is 1.38. The van der Waals surface area contributed by atoms with Crippen LogP contribution in [0.2, 0.25) is 0 Å². The quantitative estimate of drug-likeness (QED) is 0.435. The van der Waals surface area contributed by atoms with Crippen molar-refractivity contribution in [3.63, 3.8) is 0 Å². The summed E-state index contributed by atoms with van der Waals surface area (Å²) in [6, 6.07) is 3.22. The number of carbonyl (C=O) groups excluding carboxylic acids is 1. The van der Waals surface area contributed by atoms with Crippen LogP contribution in [0.3, 0.4) is 0 Å². The molecule has 1 aromatic carbocycles. The Kier molecular flexibility index (Phi) is 3.96. The molecule has 0 saturated carbocycles. The van der Waals surface area contributed by atoms with Gasteiger partial charge < -0.3 is 15.7 Å². The molecule has 102 valence electrons. The third-order valence-electron chi connectivity index (χ3n) is 3.08. The van der Waals surface area contributed by atoms with Gasteiger partial charge in [0, 0.05) is 12.1 Å². The molecule has 3 N–H and O–H groups in total. The smallest absolute Gasteiger partial charge is 0.271 e. The van der Waals surface area contributed by atoms with Crippen molar-refractivity contribution >= 4 is 17.3 Å². The van der Waals surface area contributed by atoms with Gasteiger partial charge in [-0.25, -0.2) is 0 Å². The zero-order valence-electron chi connectivity index (χ0n) is 10.3. The number of non-ortho nitro benzene ring substituents is 1. The summed E-state index contributed by atoms with van der Waals surface area (Å²) in [4.78, 5) is 22.0. The number of nitro groups is 1. The molecule has 0 bridgehead atoms. The Bertz CT molecular complexity index is 498. The summed E-state index contributed by atoms with van der Waals surface area (Å²) in [6.45, 7) is 0.777. The molecule has 2 rings (SSSR count). The van der Waals surface area contributed by atoms with Gasteiger partial charge in [-0.1, -0.05) is 6.42 Å². The second kappa shape index (κ2) is 5.66. The summed E-state index contributed by atoms with van der Waals surface area (Å²) in [6.07, 6.45) is 2.72. The molecular weight excluding hydrogens is 250 g/mol. The van der Waals surface area contributed by atoms with Gasteiger partial charge in [0.25, 0.3) is 5.69 Å². The van der Waals surface area contributed by atoms with E-state index in [1.54, 1.807) is 0 Å². The number of phenols is 1. The van der Waals surface area contributed by atoms with Crippen molar-refractivity contribution in [2.45, 2.75) is 25.3 Å². The van der Waals surface area contributed by atoms with Crippen molar-refractivity contribution in [2.24, 2.45) is 0 Å². The van der Waals surface area contributed by atoms with Crippen molar-refractivity contribution in [3.8, 4) is 5.75 Å². The number of hydrogen-bond donors (Lipinski definition) is 3. The highest BCUT2D eigenvalue weighted by molar-refractivity contribution is 5.96. The van der Waals surface area contributed by atoms with Crippen LogP contribution in [0.15, 0.2) is 18.2 Å². The SMILES string of the molecule is O=C(Nc1cc([N+](=O)[O-])ccc1O)[C@@H]1CCCCN1. The standard InChI is InChI=1S/C12H15N3O4/c16-11-5-4-8(15(18)19)7-10(11)14-12(17)9-3-1-2-6-13-9/h4-5,7,9,13,16H,1-3,6H2,(H,14,17)/t9-/m0/s1. The van der Waals surface area contributed by atoms with Crippen LogP contribution in [0.5, 0.6) is 5.75 Å². The van der Waals surface area contributed by atoms with Gasteiger partial charge in [0.05, 0.1) is 16.7 Å². The first-order valence-electron chi connectivity index (χ1n) is 6.09. The maximum Gasteiger partial charge on any atom is 0.271 e. The lowest BCUT2D eigenvalue weighted by Gasteiger charge is -2.22. The van der Waals surface area contributed by atoms with Crippen LogP contribution in [0.1, 0.15) is 19.3 Å². The van der Waals surface area contributed by atoms with Gasteiger partial charge in [0.15, 0.2) is 0 Å². The van der Waals surface area contributed by atoms with Crippen molar-refractivity contribution < 1.29 is 14.8 Å². The van der Waals surface area contributed by atoms with E-state index in [0.717, 1.165) is 31.9 Å². The Hall–Kier alpha value is -2.15. The molecule has 1 saturated heterocycles. The highest BCUT2D eigenvalue weighted by Crippen LogP contribution is 2.28. The molecule has 1 atom stereocenters.